The van der Waals surface area contributed by atoms with Crippen LogP contribution in [0.5, 0.6) is 0 Å². The Morgan fingerprint density at radius 2 is 2.15 bits per heavy atom. The van der Waals surface area contributed by atoms with Gasteiger partial charge in [-0.1, -0.05) is 0 Å². The lowest BCUT2D eigenvalue weighted by Crippen LogP contribution is -2.36. The zero-order valence-electron chi connectivity index (χ0n) is 15.1. The number of aryl methyl sites for hydroxylation is 1. The number of amides is 1. The minimum atomic E-state index is -0.0180. The molecule has 4 heterocycles. The van der Waals surface area contributed by atoms with Crippen LogP contribution < -0.4 is 0 Å². The first-order valence-electron chi connectivity index (χ1n) is 8.77. The number of pyridine rings is 1. The van der Waals surface area contributed by atoms with E-state index in [4.69, 9.17) is 9.52 Å². The van der Waals surface area contributed by atoms with Crippen LogP contribution in [0.2, 0.25) is 0 Å². The second kappa shape index (κ2) is 6.40. The van der Waals surface area contributed by atoms with Crippen molar-refractivity contribution in [2.24, 2.45) is 0 Å². The van der Waals surface area contributed by atoms with Gasteiger partial charge in [-0.25, -0.2) is 4.98 Å². The molecule has 1 aliphatic heterocycles. The fourth-order valence-electron chi connectivity index (χ4n) is 3.35. The molecule has 0 fully saturated rings. The summed E-state index contributed by atoms with van der Waals surface area (Å²) in [6.45, 7) is 7.21. The lowest BCUT2D eigenvalue weighted by atomic mass is 10.0. The molecule has 0 radical (unpaired) electrons. The van der Waals surface area contributed by atoms with Crippen LogP contribution in [0.4, 0.5) is 0 Å². The first kappa shape index (κ1) is 16.5. The Bertz CT molecular complexity index is 942. The second-order valence-electron chi connectivity index (χ2n) is 6.81. The molecule has 3 aromatic rings. The third-order valence-electron chi connectivity index (χ3n) is 4.59. The van der Waals surface area contributed by atoms with Crippen molar-refractivity contribution >= 4 is 5.91 Å². The van der Waals surface area contributed by atoms with Crippen LogP contribution in [-0.4, -0.2) is 37.1 Å². The molecule has 1 aliphatic rings. The van der Waals surface area contributed by atoms with Gasteiger partial charge in [-0.2, -0.15) is 5.10 Å². The average Bonchev–Trinajstić information content (AvgIpc) is 3.24. The highest BCUT2D eigenvalue weighted by Crippen LogP contribution is 2.31. The van der Waals surface area contributed by atoms with Gasteiger partial charge in [0.1, 0.15) is 5.76 Å². The van der Waals surface area contributed by atoms with Gasteiger partial charge in [0.05, 0.1) is 18.3 Å². The number of aromatic nitrogens is 4. The number of hydrogen-bond donors (Lipinski definition) is 0. The van der Waals surface area contributed by atoms with E-state index in [1.165, 1.54) is 0 Å². The highest BCUT2D eigenvalue weighted by atomic mass is 16.4. The number of rotatable bonds is 3. The summed E-state index contributed by atoms with van der Waals surface area (Å²) in [5.74, 6) is 1.23. The fourth-order valence-corrected chi connectivity index (χ4v) is 3.35. The maximum atomic E-state index is 12.8. The van der Waals surface area contributed by atoms with Crippen molar-refractivity contribution in [3.8, 4) is 11.6 Å². The first-order chi connectivity index (χ1) is 12.5. The Balaban J connectivity index is 1.72. The van der Waals surface area contributed by atoms with Crippen LogP contribution in [-0.2, 0) is 13.0 Å². The van der Waals surface area contributed by atoms with Crippen molar-refractivity contribution in [3.63, 3.8) is 0 Å². The monoisotopic (exact) mass is 351 g/mol. The number of nitrogens with zero attached hydrogens (tertiary/aromatic N) is 5. The van der Waals surface area contributed by atoms with Gasteiger partial charge in [0.2, 0.25) is 5.89 Å². The van der Waals surface area contributed by atoms with Crippen molar-refractivity contribution in [2.75, 3.05) is 6.54 Å². The molecule has 7 heteroatoms. The largest absolute Gasteiger partial charge is 0.440 e. The van der Waals surface area contributed by atoms with Crippen molar-refractivity contribution < 1.29 is 9.21 Å². The van der Waals surface area contributed by atoms with Crippen LogP contribution in [0.3, 0.4) is 0 Å². The van der Waals surface area contributed by atoms with Gasteiger partial charge >= 0.3 is 0 Å². The molecule has 0 aliphatic carbocycles. The van der Waals surface area contributed by atoms with Gasteiger partial charge in [0, 0.05) is 42.7 Å². The van der Waals surface area contributed by atoms with Gasteiger partial charge < -0.3 is 9.32 Å². The van der Waals surface area contributed by atoms with Gasteiger partial charge in [0.15, 0.2) is 5.69 Å². The molecule has 26 heavy (non-hydrogen) atoms. The molecule has 0 saturated carbocycles. The zero-order chi connectivity index (χ0) is 18.3. The van der Waals surface area contributed by atoms with Crippen LogP contribution in [0.1, 0.15) is 47.3 Å². The lowest BCUT2D eigenvalue weighted by molar-refractivity contribution is 0.0732. The summed E-state index contributed by atoms with van der Waals surface area (Å²) in [4.78, 5) is 23.1. The molecular formula is C19H21N5O2. The van der Waals surface area contributed by atoms with E-state index >= 15 is 0 Å². The Hall–Kier alpha value is -2.96. The molecule has 0 unspecified atom stereocenters. The van der Waals surface area contributed by atoms with Crippen molar-refractivity contribution in [2.45, 2.75) is 39.8 Å². The summed E-state index contributed by atoms with van der Waals surface area (Å²) in [7, 11) is 0. The van der Waals surface area contributed by atoms with Gasteiger partial charge in [0.25, 0.3) is 5.91 Å². The molecule has 0 atom stereocenters. The molecule has 134 valence electrons. The zero-order valence-corrected chi connectivity index (χ0v) is 15.1. The molecule has 4 rings (SSSR count). The van der Waals surface area contributed by atoms with E-state index in [-0.39, 0.29) is 11.9 Å². The van der Waals surface area contributed by atoms with Crippen molar-refractivity contribution in [3.05, 3.63) is 53.3 Å². The minimum absolute atomic E-state index is 0.0180. The van der Waals surface area contributed by atoms with Crippen LogP contribution in [0, 0.1) is 6.92 Å². The molecule has 3 aromatic heterocycles. The first-order valence-corrected chi connectivity index (χ1v) is 8.77. The molecule has 1 amide bonds. The van der Waals surface area contributed by atoms with E-state index < -0.39 is 0 Å². The number of carbonyl (C=O) groups excluding carboxylic acids is 1. The molecule has 0 N–H and O–H groups in total. The summed E-state index contributed by atoms with van der Waals surface area (Å²) in [6.07, 6.45) is 5.72. The molecular weight excluding hydrogens is 330 g/mol. The summed E-state index contributed by atoms with van der Waals surface area (Å²) in [6, 6.07) is 3.80. The summed E-state index contributed by atoms with van der Waals surface area (Å²) >= 11 is 0. The van der Waals surface area contributed by atoms with Crippen molar-refractivity contribution in [1.82, 2.24) is 24.6 Å². The van der Waals surface area contributed by atoms with E-state index in [0.29, 0.717) is 24.5 Å². The summed E-state index contributed by atoms with van der Waals surface area (Å²) < 4.78 is 7.73. The number of carbonyl (C=O) groups is 1. The van der Waals surface area contributed by atoms with E-state index in [0.717, 1.165) is 29.1 Å². The third-order valence-corrected chi connectivity index (χ3v) is 4.59. The quantitative estimate of drug-likeness (QED) is 0.725. The topological polar surface area (TPSA) is 77.1 Å². The maximum absolute atomic E-state index is 12.8. The molecule has 0 saturated heterocycles. The van der Waals surface area contributed by atoms with Gasteiger partial charge in [-0.15, -0.1) is 0 Å². The maximum Gasteiger partial charge on any atom is 0.255 e. The predicted molar refractivity (Wildman–Crippen MR) is 95.5 cm³/mol. The smallest absolute Gasteiger partial charge is 0.255 e. The standard InChI is InChI=1S/C19H21N5O2/c1-12(2)24-16-6-8-23(19(25)14-5-4-7-20-10-14)11-15(16)17(22-24)18-21-9-13(3)26-18/h4-5,7,9-10,12H,6,8,11H2,1-3H3. The normalized spacial score (nSPS) is 13.9. The van der Waals surface area contributed by atoms with Crippen LogP contribution in [0.15, 0.2) is 35.1 Å². The molecule has 7 nitrogen and oxygen atoms in total. The van der Waals surface area contributed by atoms with E-state index in [9.17, 15) is 4.79 Å². The lowest BCUT2D eigenvalue weighted by Gasteiger charge is -2.28. The van der Waals surface area contributed by atoms with E-state index in [1.807, 2.05) is 16.5 Å². The Kier molecular flexibility index (Phi) is 4.06. The van der Waals surface area contributed by atoms with Crippen LogP contribution in [0.25, 0.3) is 11.6 Å². The van der Waals surface area contributed by atoms with Gasteiger partial charge in [-0.05, 0) is 32.9 Å². The Morgan fingerprint density at radius 1 is 1.31 bits per heavy atom. The highest BCUT2D eigenvalue weighted by molar-refractivity contribution is 5.94. The minimum Gasteiger partial charge on any atom is -0.440 e. The number of fused-ring (bicyclic) bond motifs is 1. The summed E-state index contributed by atoms with van der Waals surface area (Å²) in [5.41, 5.74) is 3.50. The number of hydrogen-bond acceptors (Lipinski definition) is 5. The SMILES string of the molecule is Cc1cnc(-c2nn(C(C)C)c3c2CN(C(=O)c2cccnc2)CC3)o1. The third kappa shape index (κ3) is 2.79. The average molecular weight is 351 g/mol. The molecule has 0 aromatic carbocycles. The number of oxazole rings is 1. The predicted octanol–water partition coefficient (Wildman–Crippen LogP) is 3.02. The molecule has 0 bridgehead atoms. The second-order valence-corrected chi connectivity index (χ2v) is 6.81. The molecule has 0 spiro atoms. The van der Waals surface area contributed by atoms with E-state index in [2.05, 4.69) is 23.8 Å². The summed E-state index contributed by atoms with van der Waals surface area (Å²) in [5, 5.41) is 4.75. The van der Waals surface area contributed by atoms with Crippen LogP contribution >= 0.6 is 0 Å². The Morgan fingerprint density at radius 3 is 2.81 bits per heavy atom. The Labute approximate surface area is 151 Å². The van der Waals surface area contributed by atoms with Gasteiger partial charge in [-0.3, -0.25) is 14.5 Å². The van der Waals surface area contributed by atoms with Crippen molar-refractivity contribution in [1.29, 1.82) is 0 Å². The fraction of sp³-hybridized carbons (Fsp3) is 0.368. The van der Waals surface area contributed by atoms with E-state index in [1.54, 1.807) is 30.7 Å². The highest BCUT2D eigenvalue weighted by Gasteiger charge is 2.30.